The fourth-order valence-corrected chi connectivity index (χ4v) is 3.62. The largest absolute Gasteiger partial charge is 0.507 e. The van der Waals surface area contributed by atoms with E-state index in [2.05, 4.69) is 0 Å². The van der Waals surface area contributed by atoms with E-state index < -0.39 is 11.4 Å². The zero-order valence-corrected chi connectivity index (χ0v) is 11.1. The quantitative estimate of drug-likeness (QED) is 0.861. The van der Waals surface area contributed by atoms with E-state index in [1.807, 2.05) is 0 Å². The summed E-state index contributed by atoms with van der Waals surface area (Å²) < 4.78 is 0. The Morgan fingerprint density at radius 1 is 1.30 bits per heavy atom. The molecular formula is C15H17NO4. The van der Waals surface area contributed by atoms with Gasteiger partial charge in [0.2, 0.25) is 0 Å². The number of carbonyl (C=O) groups is 2. The summed E-state index contributed by atoms with van der Waals surface area (Å²) in [7, 11) is 0. The van der Waals surface area contributed by atoms with Gasteiger partial charge in [-0.05, 0) is 30.9 Å². The van der Waals surface area contributed by atoms with Crippen molar-refractivity contribution < 1.29 is 19.8 Å². The summed E-state index contributed by atoms with van der Waals surface area (Å²) in [4.78, 5) is 25.6. The predicted octanol–water partition coefficient (Wildman–Crippen LogP) is 1.72. The molecule has 0 radical (unpaired) electrons. The van der Waals surface area contributed by atoms with Crippen LogP contribution in [0.2, 0.25) is 0 Å². The number of nitrogens with zero attached hydrogens (tertiary/aromatic N) is 1. The molecule has 0 bridgehead atoms. The van der Waals surface area contributed by atoms with Gasteiger partial charge in [-0.3, -0.25) is 9.59 Å². The number of hydrogen-bond acceptors (Lipinski definition) is 3. The molecule has 1 amide bonds. The molecular weight excluding hydrogens is 258 g/mol. The number of carboxylic acids is 1. The van der Waals surface area contributed by atoms with Gasteiger partial charge in [0.1, 0.15) is 5.75 Å². The highest BCUT2D eigenvalue weighted by atomic mass is 16.4. The summed E-state index contributed by atoms with van der Waals surface area (Å²) in [6, 6.07) is 6.39. The Hall–Kier alpha value is -2.04. The number of hydrogen-bond donors (Lipinski definition) is 2. The number of carbonyl (C=O) groups excluding carboxylic acids is 1. The van der Waals surface area contributed by atoms with E-state index in [-0.39, 0.29) is 29.7 Å². The Morgan fingerprint density at radius 3 is 2.70 bits per heavy atom. The molecule has 5 heteroatoms. The Kier molecular flexibility index (Phi) is 2.92. The summed E-state index contributed by atoms with van der Waals surface area (Å²) in [6.45, 7) is 0.722. The van der Waals surface area contributed by atoms with E-state index in [4.69, 9.17) is 0 Å². The standard InChI is InChI=1S/C15H17NO4/c17-12-6-2-1-5-11(12)13(18)16-8-10-4-3-7-15(10,9-16)14(19)20/h1-2,5-6,10,17H,3-4,7-9H2,(H,19,20)/t10-,15+/m0/s1. The van der Waals surface area contributed by atoms with E-state index in [0.717, 1.165) is 12.8 Å². The highest BCUT2D eigenvalue weighted by molar-refractivity contribution is 5.97. The van der Waals surface area contributed by atoms with Gasteiger partial charge >= 0.3 is 5.97 Å². The molecule has 2 atom stereocenters. The topological polar surface area (TPSA) is 77.8 Å². The van der Waals surface area contributed by atoms with Crippen molar-refractivity contribution in [3.63, 3.8) is 0 Å². The third-order valence-corrected chi connectivity index (χ3v) is 4.72. The lowest BCUT2D eigenvalue weighted by Crippen LogP contribution is -2.37. The third kappa shape index (κ3) is 1.77. The van der Waals surface area contributed by atoms with E-state index >= 15 is 0 Å². The van der Waals surface area contributed by atoms with Crippen LogP contribution in [0.15, 0.2) is 24.3 Å². The molecule has 1 saturated carbocycles. The first-order chi connectivity index (χ1) is 9.54. The van der Waals surface area contributed by atoms with E-state index in [1.54, 1.807) is 23.1 Å². The van der Waals surface area contributed by atoms with Crippen LogP contribution in [0.4, 0.5) is 0 Å². The van der Waals surface area contributed by atoms with Crippen LogP contribution in [0.25, 0.3) is 0 Å². The Balaban J connectivity index is 1.86. The third-order valence-electron chi connectivity index (χ3n) is 4.72. The second-order valence-electron chi connectivity index (χ2n) is 5.75. The fourth-order valence-electron chi connectivity index (χ4n) is 3.62. The zero-order chi connectivity index (χ0) is 14.3. The lowest BCUT2D eigenvalue weighted by molar-refractivity contribution is -0.149. The second kappa shape index (κ2) is 4.51. The number of phenols is 1. The molecule has 1 aromatic carbocycles. The predicted molar refractivity (Wildman–Crippen MR) is 71.4 cm³/mol. The molecule has 2 aliphatic rings. The van der Waals surface area contributed by atoms with Gasteiger partial charge in [-0.25, -0.2) is 0 Å². The van der Waals surface area contributed by atoms with E-state index in [9.17, 15) is 19.8 Å². The first kappa shape index (κ1) is 13.0. The number of para-hydroxylation sites is 1. The highest BCUT2D eigenvalue weighted by Crippen LogP contribution is 2.49. The number of carboxylic acid groups (broad SMARTS) is 1. The first-order valence-corrected chi connectivity index (χ1v) is 6.85. The second-order valence-corrected chi connectivity index (χ2v) is 5.75. The van der Waals surface area contributed by atoms with Crippen molar-refractivity contribution in [2.45, 2.75) is 19.3 Å². The van der Waals surface area contributed by atoms with Crippen LogP contribution < -0.4 is 0 Å². The number of aliphatic carboxylic acids is 1. The smallest absolute Gasteiger partial charge is 0.311 e. The molecule has 1 saturated heterocycles. The number of benzene rings is 1. The molecule has 20 heavy (non-hydrogen) atoms. The maximum absolute atomic E-state index is 12.4. The number of amides is 1. The number of aromatic hydroxyl groups is 1. The van der Waals surface area contributed by atoms with Crippen molar-refractivity contribution >= 4 is 11.9 Å². The zero-order valence-electron chi connectivity index (χ0n) is 11.1. The highest BCUT2D eigenvalue weighted by Gasteiger charge is 2.55. The average molecular weight is 275 g/mol. The molecule has 1 heterocycles. The van der Waals surface area contributed by atoms with E-state index in [1.165, 1.54) is 6.07 Å². The van der Waals surface area contributed by atoms with E-state index in [0.29, 0.717) is 13.0 Å². The van der Waals surface area contributed by atoms with Crippen LogP contribution in [-0.2, 0) is 4.79 Å². The molecule has 1 aliphatic carbocycles. The van der Waals surface area contributed by atoms with Crippen molar-refractivity contribution in [2.24, 2.45) is 11.3 Å². The van der Waals surface area contributed by atoms with Crippen molar-refractivity contribution in [1.29, 1.82) is 0 Å². The Labute approximate surface area is 116 Å². The van der Waals surface area contributed by atoms with Gasteiger partial charge in [0.05, 0.1) is 11.0 Å². The minimum atomic E-state index is -0.799. The number of phenolic OH excluding ortho intramolecular Hbond substituents is 1. The maximum Gasteiger partial charge on any atom is 0.311 e. The lowest BCUT2D eigenvalue weighted by atomic mass is 9.81. The summed E-state index contributed by atoms with van der Waals surface area (Å²) in [5, 5.41) is 19.3. The van der Waals surface area contributed by atoms with Crippen LogP contribution in [0, 0.1) is 11.3 Å². The van der Waals surface area contributed by atoms with Crippen LogP contribution in [0.5, 0.6) is 5.75 Å². The summed E-state index contributed by atoms with van der Waals surface area (Å²) >= 11 is 0. The van der Waals surface area contributed by atoms with Gasteiger partial charge in [0, 0.05) is 13.1 Å². The van der Waals surface area contributed by atoms with Crippen LogP contribution in [-0.4, -0.2) is 40.1 Å². The molecule has 0 aromatic heterocycles. The Morgan fingerprint density at radius 2 is 2.05 bits per heavy atom. The summed E-state index contributed by atoms with van der Waals surface area (Å²) in [5.41, 5.74) is -0.534. The lowest BCUT2D eigenvalue weighted by Gasteiger charge is -2.23. The van der Waals surface area contributed by atoms with Crippen molar-refractivity contribution in [3.05, 3.63) is 29.8 Å². The average Bonchev–Trinajstić information content (AvgIpc) is 2.96. The Bertz CT molecular complexity index is 571. The van der Waals surface area contributed by atoms with Crippen molar-refractivity contribution in [3.8, 4) is 5.75 Å². The fraction of sp³-hybridized carbons (Fsp3) is 0.467. The SMILES string of the molecule is O=C(c1ccccc1O)N1C[C@@H]2CCC[C@@]2(C(=O)O)C1. The molecule has 3 rings (SSSR count). The molecule has 1 aromatic rings. The van der Waals surface area contributed by atoms with Crippen molar-refractivity contribution in [1.82, 2.24) is 4.90 Å². The van der Waals surface area contributed by atoms with Gasteiger partial charge in [-0.1, -0.05) is 18.6 Å². The number of rotatable bonds is 2. The van der Waals surface area contributed by atoms with Gasteiger partial charge in [-0.15, -0.1) is 0 Å². The van der Waals surface area contributed by atoms with Crippen LogP contribution in [0.1, 0.15) is 29.6 Å². The maximum atomic E-state index is 12.4. The van der Waals surface area contributed by atoms with Gasteiger partial charge in [0.15, 0.2) is 0 Å². The molecule has 5 nitrogen and oxygen atoms in total. The van der Waals surface area contributed by atoms with Crippen LogP contribution in [0.3, 0.4) is 0 Å². The molecule has 106 valence electrons. The van der Waals surface area contributed by atoms with Gasteiger partial charge < -0.3 is 15.1 Å². The minimum absolute atomic E-state index is 0.0369. The van der Waals surface area contributed by atoms with Crippen molar-refractivity contribution in [2.75, 3.05) is 13.1 Å². The molecule has 0 spiro atoms. The number of likely N-dealkylation sites (tertiary alicyclic amines) is 1. The van der Waals surface area contributed by atoms with Crippen LogP contribution >= 0.6 is 0 Å². The first-order valence-electron chi connectivity index (χ1n) is 6.85. The molecule has 2 N–H and O–H groups in total. The molecule has 0 unspecified atom stereocenters. The molecule has 1 aliphatic heterocycles. The molecule has 2 fully saturated rings. The van der Waals surface area contributed by atoms with Gasteiger partial charge in [-0.2, -0.15) is 0 Å². The van der Waals surface area contributed by atoms with Gasteiger partial charge in [0.25, 0.3) is 5.91 Å². The normalized spacial score (nSPS) is 28.4. The summed E-state index contributed by atoms with van der Waals surface area (Å²) in [5.74, 6) is -1.10. The summed E-state index contributed by atoms with van der Waals surface area (Å²) in [6.07, 6.45) is 2.41. The number of fused-ring (bicyclic) bond motifs is 1. The minimum Gasteiger partial charge on any atom is -0.507 e. The monoisotopic (exact) mass is 275 g/mol.